The maximum atomic E-state index is 5.76. The molecule has 1 aromatic heterocycles. The zero-order valence-electron chi connectivity index (χ0n) is 10.1. The van der Waals surface area contributed by atoms with Crippen molar-refractivity contribution in [3.05, 3.63) is 53.3 Å². The summed E-state index contributed by atoms with van der Waals surface area (Å²) in [5, 5.41) is 0. The van der Waals surface area contributed by atoms with Crippen LogP contribution < -0.4 is 10.5 Å². The summed E-state index contributed by atoms with van der Waals surface area (Å²) in [7, 11) is 0. The molecular formula is C14H16N2O. The molecule has 2 aromatic rings. The molecule has 0 radical (unpaired) electrons. The van der Waals surface area contributed by atoms with Crippen molar-refractivity contribution in [2.75, 3.05) is 0 Å². The molecule has 0 amide bonds. The van der Waals surface area contributed by atoms with Crippen LogP contribution in [0.2, 0.25) is 0 Å². The van der Waals surface area contributed by atoms with Crippen LogP contribution in [0.1, 0.15) is 16.8 Å². The molecule has 0 spiro atoms. The Labute approximate surface area is 101 Å². The third-order valence-electron chi connectivity index (χ3n) is 2.71. The summed E-state index contributed by atoms with van der Waals surface area (Å²) < 4.78 is 5.76. The predicted octanol–water partition coefficient (Wildman–Crippen LogP) is 2.95. The molecule has 3 nitrogen and oxygen atoms in total. The number of nitrogens with two attached hydrogens (primary N) is 1. The average molecular weight is 228 g/mol. The van der Waals surface area contributed by atoms with Crippen LogP contribution in [0.15, 0.2) is 36.5 Å². The SMILES string of the molecule is Cc1ccc(Oc2ccnc(CN)c2)cc1C. The topological polar surface area (TPSA) is 48.1 Å². The van der Waals surface area contributed by atoms with Gasteiger partial charge in [-0.15, -0.1) is 0 Å². The first-order valence-corrected chi connectivity index (χ1v) is 5.59. The fraction of sp³-hybridized carbons (Fsp3) is 0.214. The molecule has 0 saturated heterocycles. The van der Waals surface area contributed by atoms with E-state index in [-0.39, 0.29) is 0 Å². The second-order valence-corrected chi connectivity index (χ2v) is 4.04. The smallest absolute Gasteiger partial charge is 0.130 e. The van der Waals surface area contributed by atoms with Crippen LogP contribution in [0.4, 0.5) is 0 Å². The van der Waals surface area contributed by atoms with E-state index < -0.39 is 0 Å². The van der Waals surface area contributed by atoms with Gasteiger partial charge in [-0.2, -0.15) is 0 Å². The number of rotatable bonds is 3. The van der Waals surface area contributed by atoms with E-state index in [9.17, 15) is 0 Å². The molecule has 0 atom stereocenters. The van der Waals surface area contributed by atoms with Crippen molar-refractivity contribution >= 4 is 0 Å². The number of ether oxygens (including phenoxy) is 1. The van der Waals surface area contributed by atoms with Crippen LogP contribution in [-0.4, -0.2) is 4.98 Å². The molecule has 1 aromatic carbocycles. The highest BCUT2D eigenvalue weighted by Gasteiger charge is 2.00. The molecule has 0 aliphatic rings. The standard InChI is InChI=1S/C14H16N2O/c1-10-3-4-13(7-11(10)2)17-14-5-6-16-12(8-14)9-15/h3-8H,9,15H2,1-2H3. The van der Waals surface area contributed by atoms with Crippen LogP contribution in [0.25, 0.3) is 0 Å². The molecule has 0 fully saturated rings. The van der Waals surface area contributed by atoms with Gasteiger partial charge in [0.15, 0.2) is 0 Å². The van der Waals surface area contributed by atoms with Crippen molar-refractivity contribution in [2.24, 2.45) is 5.73 Å². The summed E-state index contributed by atoms with van der Waals surface area (Å²) in [5.41, 5.74) is 8.84. The van der Waals surface area contributed by atoms with Gasteiger partial charge >= 0.3 is 0 Å². The van der Waals surface area contributed by atoms with Gasteiger partial charge in [0.05, 0.1) is 5.69 Å². The Bertz CT molecular complexity index is 523. The summed E-state index contributed by atoms with van der Waals surface area (Å²) in [4.78, 5) is 4.13. The van der Waals surface area contributed by atoms with Crippen molar-refractivity contribution in [3.63, 3.8) is 0 Å². The van der Waals surface area contributed by atoms with Crippen molar-refractivity contribution in [2.45, 2.75) is 20.4 Å². The van der Waals surface area contributed by atoms with Crippen molar-refractivity contribution in [1.82, 2.24) is 4.98 Å². The third kappa shape index (κ3) is 2.82. The summed E-state index contributed by atoms with van der Waals surface area (Å²) in [6.45, 7) is 4.57. The Morgan fingerprint density at radius 2 is 1.82 bits per heavy atom. The number of benzene rings is 1. The number of aryl methyl sites for hydroxylation is 2. The van der Waals surface area contributed by atoms with Crippen molar-refractivity contribution < 1.29 is 4.74 Å². The molecule has 0 unspecified atom stereocenters. The Morgan fingerprint density at radius 1 is 1.06 bits per heavy atom. The number of hydrogen-bond acceptors (Lipinski definition) is 3. The Morgan fingerprint density at radius 3 is 2.53 bits per heavy atom. The van der Waals surface area contributed by atoms with E-state index in [4.69, 9.17) is 10.5 Å². The van der Waals surface area contributed by atoms with Crippen LogP contribution in [-0.2, 0) is 6.54 Å². The Hall–Kier alpha value is -1.87. The molecule has 0 bridgehead atoms. The number of nitrogens with zero attached hydrogens (tertiary/aromatic N) is 1. The van der Waals surface area contributed by atoms with Crippen LogP contribution in [0, 0.1) is 13.8 Å². The van der Waals surface area contributed by atoms with Crippen LogP contribution in [0.3, 0.4) is 0 Å². The van der Waals surface area contributed by atoms with Gasteiger partial charge in [-0.1, -0.05) is 6.07 Å². The lowest BCUT2D eigenvalue weighted by atomic mass is 10.1. The van der Waals surface area contributed by atoms with E-state index in [0.717, 1.165) is 17.2 Å². The lowest BCUT2D eigenvalue weighted by molar-refractivity contribution is 0.480. The highest BCUT2D eigenvalue weighted by molar-refractivity contribution is 5.37. The lowest BCUT2D eigenvalue weighted by Crippen LogP contribution is -1.99. The molecule has 3 heteroatoms. The number of aromatic nitrogens is 1. The normalized spacial score (nSPS) is 10.3. The summed E-state index contributed by atoms with van der Waals surface area (Å²) in [6, 6.07) is 9.72. The van der Waals surface area contributed by atoms with Crippen LogP contribution >= 0.6 is 0 Å². The molecule has 0 aliphatic heterocycles. The number of pyridine rings is 1. The second-order valence-electron chi connectivity index (χ2n) is 4.04. The van der Waals surface area contributed by atoms with Gasteiger partial charge < -0.3 is 10.5 Å². The predicted molar refractivity (Wildman–Crippen MR) is 68.1 cm³/mol. The molecule has 1 heterocycles. The van der Waals surface area contributed by atoms with E-state index >= 15 is 0 Å². The maximum absolute atomic E-state index is 5.76. The molecule has 2 N–H and O–H groups in total. The lowest BCUT2D eigenvalue weighted by Gasteiger charge is -2.08. The number of hydrogen-bond donors (Lipinski definition) is 1. The molecule has 17 heavy (non-hydrogen) atoms. The zero-order valence-corrected chi connectivity index (χ0v) is 10.1. The van der Waals surface area contributed by atoms with E-state index in [2.05, 4.69) is 24.9 Å². The molecule has 88 valence electrons. The van der Waals surface area contributed by atoms with Gasteiger partial charge in [0.25, 0.3) is 0 Å². The van der Waals surface area contributed by atoms with Crippen molar-refractivity contribution in [3.8, 4) is 11.5 Å². The molecule has 2 rings (SSSR count). The minimum atomic E-state index is 0.421. The van der Waals surface area contributed by atoms with E-state index in [0.29, 0.717) is 6.54 Å². The molecule has 0 saturated carbocycles. The first kappa shape index (κ1) is 11.6. The largest absolute Gasteiger partial charge is 0.457 e. The minimum Gasteiger partial charge on any atom is -0.457 e. The molecular weight excluding hydrogens is 212 g/mol. The second kappa shape index (κ2) is 4.97. The molecule has 0 aliphatic carbocycles. The fourth-order valence-corrected chi connectivity index (χ4v) is 1.54. The van der Waals surface area contributed by atoms with Gasteiger partial charge in [-0.05, 0) is 43.2 Å². The zero-order chi connectivity index (χ0) is 12.3. The van der Waals surface area contributed by atoms with E-state index in [1.54, 1.807) is 6.20 Å². The van der Waals surface area contributed by atoms with Crippen molar-refractivity contribution in [1.29, 1.82) is 0 Å². The van der Waals surface area contributed by atoms with E-state index in [1.807, 2.05) is 24.3 Å². The Balaban J connectivity index is 2.22. The Kier molecular flexibility index (Phi) is 3.40. The van der Waals surface area contributed by atoms with Gasteiger partial charge in [-0.25, -0.2) is 0 Å². The maximum Gasteiger partial charge on any atom is 0.130 e. The van der Waals surface area contributed by atoms with Gasteiger partial charge in [-0.3, -0.25) is 4.98 Å². The average Bonchev–Trinajstić information content (AvgIpc) is 2.34. The van der Waals surface area contributed by atoms with Gasteiger partial charge in [0, 0.05) is 18.8 Å². The minimum absolute atomic E-state index is 0.421. The fourth-order valence-electron chi connectivity index (χ4n) is 1.54. The third-order valence-corrected chi connectivity index (χ3v) is 2.71. The van der Waals surface area contributed by atoms with Crippen LogP contribution in [0.5, 0.6) is 11.5 Å². The highest BCUT2D eigenvalue weighted by atomic mass is 16.5. The summed E-state index contributed by atoms with van der Waals surface area (Å²) in [6.07, 6.45) is 1.71. The monoisotopic (exact) mass is 228 g/mol. The first-order chi connectivity index (χ1) is 8.19. The van der Waals surface area contributed by atoms with Gasteiger partial charge in [0.1, 0.15) is 11.5 Å². The summed E-state index contributed by atoms with van der Waals surface area (Å²) >= 11 is 0. The summed E-state index contributed by atoms with van der Waals surface area (Å²) in [5.74, 6) is 1.60. The van der Waals surface area contributed by atoms with Gasteiger partial charge in [0.2, 0.25) is 0 Å². The first-order valence-electron chi connectivity index (χ1n) is 5.59. The van der Waals surface area contributed by atoms with E-state index in [1.165, 1.54) is 11.1 Å². The quantitative estimate of drug-likeness (QED) is 0.878. The highest BCUT2D eigenvalue weighted by Crippen LogP contribution is 2.23.